The van der Waals surface area contributed by atoms with Crippen molar-refractivity contribution in [3.8, 4) is 0 Å². The summed E-state index contributed by atoms with van der Waals surface area (Å²) < 4.78 is 0. The van der Waals surface area contributed by atoms with Crippen LogP contribution in [0, 0.1) is 0 Å². The fourth-order valence-corrected chi connectivity index (χ4v) is 1.56. The number of hydrogen-bond donors (Lipinski definition) is 2. The highest BCUT2D eigenvalue weighted by atomic mass is 16.4. The van der Waals surface area contributed by atoms with Gasteiger partial charge < -0.3 is 15.1 Å². The van der Waals surface area contributed by atoms with Crippen LogP contribution in [0.1, 0.15) is 19.8 Å². The third-order valence-electron chi connectivity index (χ3n) is 2.25. The standard InChI is InChI=1S/C8H13NO4/c1-5(10)9-4-6(11)2-3-7(9)8(12)13/h6-7,11H,2-4H2,1H3,(H,12,13). The van der Waals surface area contributed by atoms with E-state index in [1.165, 1.54) is 11.8 Å². The van der Waals surface area contributed by atoms with Gasteiger partial charge in [-0.25, -0.2) is 4.79 Å². The zero-order chi connectivity index (χ0) is 10.0. The molecule has 74 valence electrons. The van der Waals surface area contributed by atoms with Gasteiger partial charge in [0.05, 0.1) is 6.10 Å². The topological polar surface area (TPSA) is 77.8 Å². The van der Waals surface area contributed by atoms with Crippen LogP contribution in [0.25, 0.3) is 0 Å². The molecule has 0 aromatic rings. The number of aliphatic hydroxyl groups excluding tert-OH is 1. The van der Waals surface area contributed by atoms with E-state index in [0.29, 0.717) is 12.8 Å². The smallest absolute Gasteiger partial charge is 0.326 e. The molecule has 1 saturated heterocycles. The van der Waals surface area contributed by atoms with E-state index in [2.05, 4.69) is 0 Å². The molecule has 0 aliphatic carbocycles. The molecule has 1 heterocycles. The number of carboxylic acids is 1. The Morgan fingerprint density at radius 3 is 2.46 bits per heavy atom. The predicted octanol–water partition coefficient (Wildman–Crippen LogP) is -0.557. The average Bonchev–Trinajstić information content (AvgIpc) is 2.03. The first-order chi connectivity index (χ1) is 6.02. The Balaban J connectivity index is 2.72. The van der Waals surface area contributed by atoms with Crippen LogP contribution in [0.5, 0.6) is 0 Å². The molecule has 0 saturated carbocycles. The van der Waals surface area contributed by atoms with Gasteiger partial charge in [0.25, 0.3) is 0 Å². The van der Waals surface area contributed by atoms with Gasteiger partial charge in [0, 0.05) is 13.5 Å². The minimum Gasteiger partial charge on any atom is -0.480 e. The normalized spacial score (nSPS) is 28.6. The molecule has 5 heteroatoms. The lowest BCUT2D eigenvalue weighted by atomic mass is 10.0. The zero-order valence-corrected chi connectivity index (χ0v) is 7.43. The largest absolute Gasteiger partial charge is 0.480 e. The molecule has 1 fully saturated rings. The number of piperidine rings is 1. The molecular weight excluding hydrogens is 174 g/mol. The molecule has 0 radical (unpaired) electrons. The first kappa shape index (κ1) is 9.98. The van der Waals surface area contributed by atoms with E-state index in [1.807, 2.05) is 0 Å². The highest BCUT2D eigenvalue weighted by Gasteiger charge is 2.33. The highest BCUT2D eigenvalue weighted by Crippen LogP contribution is 2.17. The Morgan fingerprint density at radius 1 is 1.38 bits per heavy atom. The number of carbonyl (C=O) groups is 2. The van der Waals surface area contributed by atoms with Crippen molar-refractivity contribution in [3.63, 3.8) is 0 Å². The third kappa shape index (κ3) is 2.18. The van der Waals surface area contributed by atoms with E-state index in [0.717, 1.165) is 0 Å². The molecule has 0 spiro atoms. The second-order valence-electron chi connectivity index (χ2n) is 3.26. The second kappa shape index (κ2) is 3.74. The summed E-state index contributed by atoms with van der Waals surface area (Å²) in [6.45, 7) is 1.44. The number of amides is 1. The highest BCUT2D eigenvalue weighted by molar-refractivity contribution is 5.82. The molecule has 1 aliphatic rings. The Kier molecular flexibility index (Phi) is 2.87. The monoisotopic (exact) mass is 187 g/mol. The number of aliphatic carboxylic acids is 1. The minimum atomic E-state index is -0.998. The molecular formula is C8H13NO4. The third-order valence-corrected chi connectivity index (χ3v) is 2.25. The average molecular weight is 187 g/mol. The summed E-state index contributed by atoms with van der Waals surface area (Å²) in [5.41, 5.74) is 0. The molecule has 1 amide bonds. The number of carbonyl (C=O) groups excluding carboxylic acids is 1. The lowest BCUT2D eigenvalue weighted by Gasteiger charge is -2.34. The van der Waals surface area contributed by atoms with Crippen molar-refractivity contribution in [2.75, 3.05) is 6.54 Å². The van der Waals surface area contributed by atoms with Gasteiger partial charge in [0.2, 0.25) is 5.91 Å². The summed E-state index contributed by atoms with van der Waals surface area (Å²) in [5, 5.41) is 18.0. The Morgan fingerprint density at radius 2 is 2.00 bits per heavy atom. The molecule has 0 bridgehead atoms. The van der Waals surface area contributed by atoms with Crippen molar-refractivity contribution in [1.29, 1.82) is 0 Å². The molecule has 2 N–H and O–H groups in total. The van der Waals surface area contributed by atoms with Crippen LogP contribution in [0.15, 0.2) is 0 Å². The van der Waals surface area contributed by atoms with E-state index in [9.17, 15) is 14.7 Å². The van der Waals surface area contributed by atoms with Gasteiger partial charge in [-0.3, -0.25) is 4.79 Å². The van der Waals surface area contributed by atoms with Gasteiger partial charge >= 0.3 is 5.97 Å². The Labute approximate surface area is 76.0 Å². The number of carboxylic acid groups (broad SMARTS) is 1. The van der Waals surface area contributed by atoms with Crippen molar-refractivity contribution < 1.29 is 19.8 Å². The summed E-state index contributed by atoms with van der Waals surface area (Å²) in [6.07, 6.45) is 0.191. The van der Waals surface area contributed by atoms with Crippen molar-refractivity contribution in [3.05, 3.63) is 0 Å². The number of hydrogen-bond acceptors (Lipinski definition) is 3. The van der Waals surface area contributed by atoms with Gasteiger partial charge in [0.15, 0.2) is 0 Å². The molecule has 0 aromatic heterocycles. The number of rotatable bonds is 1. The van der Waals surface area contributed by atoms with Crippen LogP contribution in [-0.2, 0) is 9.59 Å². The van der Waals surface area contributed by atoms with Crippen LogP contribution < -0.4 is 0 Å². The number of nitrogens with zero attached hydrogens (tertiary/aromatic N) is 1. The van der Waals surface area contributed by atoms with Gasteiger partial charge in [-0.15, -0.1) is 0 Å². The molecule has 13 heavy (non-hydrogen) atoms. The first-order valence-electron chi connectivity index (χ1n) is 4.20. The van der Waals surface area contributed by atoms with E-state index >= 15 is 0 Å². The van der Waals surface area contributed by atoms with Gasteiger partial charge in [-0.05, 0) is 12.8 Å². The van der Waals surface area contributed by atoms with Gasteiger partial charge in [-0.2, -0.15) is 0 Å². The molecule has 1 aliphatic heterocycles. The van der Waals surface area contributed by atoms with Crippen LogP contribution >= 0.6 is 0 Å². The molecule has 2 atom stereocenters. The van der Waals surface area contributed by atoms with Crippen LogP contribution in [0.2, 0.25) is 0 Å². The zero-order valence-electron chi connectivity index (χ0n) is 7.43. The van der Waals surface area contributed by atoms with Crippen molar-refractivity contribution in [2.45, 2.75) is 31.9 Å². The van der Waals surface area contributed by atoms with Crippen LogP contribution in [0.4, 0.5) is 0 Å². The molecule has 1 rings (SSSR count). The van der Waals surface area contributed by atoms with Crippen molar-refractivity contribution >= 4 is 11.9 Å². The van der Waals surface area contributed by atoms with Crippen molar-refractivity contribution in [1.82, 2.24) is 4.90 Å². The van der Waals surface area contributed by atoms with Crippen LogP contribution in [0.3, 0.4) is 0 Å². The maximum atomic E-state index is 11.0. The predicted molar refractivity (Wildman–Crippen MR) is 44.1 cm³/mol. The minimum absolute atomic E-state index is 0.131. The summed E-state index contributed by atoms with van der Waals surface area (Å²) in [4.78, 5) is 22.9. The number of β-amino-alcohol motifs (C(OH)–C–C–N with tert-alkyl or cyclic N) is 1. The van der Waals surface area contributed by atoms with Crippen molar-refractivity contribution in [2.24, 2.45) is 0 Å². The maximum absolute atomic E-state index is 11.0. The fourth-order valence-electron chi connectivity index (χ4n) is 1.56. The Hall–Kier alpha value is -1.10. The molecule has 0 aromatic carbocycles. The van der Waals surface area contributed by atoms with E-state index < -0.39 is 18.1 Å². The molecule has 5 nitrogen and oxygen atoms in total. The first-order valence-corrected chi connectivity index (χ1v) is 4.20. The lowest BCUT2D eigenvalue weighted by molar-refractivity contribution is -0.153. The summed E-state index contributed by atoms with van der Waals surface area (Å²) >= 11 is 0. The SMILES string of the molecule is CC(=O)N1CC(O)CCC1C(=O)O. The number of aliphatic hydroxyl groups is 1. The second-order valence-corrected chi connectivity index (χ2v) is 3.26. The van der Waals surface area contributed by atoms with Gasteiger partial charge in [0.1, 0.15) is 6.04 Å². The fraction of sp³-hybridized carbons (Fsp3) is 0.750. The summed E-state index contributed by atoms with van der Waals surface area (Å²) in [7, 11) is 0. The number of likely N-dealkylation sites (tertiary alicyclic amines) is 1. The summed E-state index contributed by atoms with van der Waals surface area (Å²) in [5.74, 6) is -1.30. The van der Waals surface area contributed by atoms with E-state index in [-0.39, 0.29) is 12.5 Å². The molecule has 2 unspecified atom stereocenters. The maximum Gasteiger partial charge on any atom is 0.326 e. The Bertz CT molecular complexity index is 228. The van der Waals surface area contributed by atoms with Gasteiger partial charge in [-0.1, -0.05) is 0 Å². The quantitative estimate of drug-likeness (QED) is 0.577. The summed E-state index contributed by atoms with van der Waals surface area (Å²) in [6, 6.07) is -0.763. The van der Waals surface area contributed by atoms with E-state index in [1.54, 1.807) is 0 Å². The lowest BCUT2D eigenvalue weighted by Crippen LogP contribution is -2.51. The van der Waals surface area contributed by atoms with Crippen LogP contribution in [-0.4, -0.2) is 45.7 Å². The van der Waals surface area contributed by atoms with E-state index in [4.69, 9.17) is 5.11 Å².